The van der Waals surface area contributed by atoms with Gasteiger partial charge in [-0.05, 0) is 40.2 Å². The maximum absolute atomic E-state index is 12.5. The van der Waals surface area contributed by atoms with E-state index < -0.39 is 0 Å². The molecule has 2 heterocycles. The third kappa shape index (κ3) is 2.54. The van der Waals surface area contributed by atoms with Crippen molar-refractivity contribution in [1.29, 1.82) is 0 Å². The summed E-state index contributed by atoms with van der Waals surface area (Å²) in [5.74, 6) is -0.301. The third-order valence-corrected chi connectivity index (χ3v) is 6.21. The Morgan fingerprint density at radius 1 is 1.13 bits per heavy atom. The number of aromatic nitrogens is 2. The zero-order valence-electron chi connectivity index (χ0n) is 12.0. The van der Waals surface area contributed by atoms with Crippen LogP contribution < -0.4 is 4.80 Å². The summed E-state index contributed by atoms with van der Waals surface area (Å²) < 4.78 is 4.99. The van der Waals surface area contributed by atoms with Crippen LogP contribution in [0.2, 0.25) is 0 Å². The average molecular weight is 404 g/mol. The van der Waals surface area contributed by atoms with Gasteiger partial charge >= 0.3 is 5.91 Å². The van der Waals surface area contributed by atoms with E-state index in [1.165, 1.54) is 22.7 Å². The summed E-state index contributed by atoms with van der Waals surface area (Å²) in [7, 11) is 1.91. The van der Waals surface area contributed by atoms with Crippen LogP contribution in [0.1, 0.15) is 9.80 Å². The van der Waals surface area contributed by atoms with E-state index in [2.05, 4.69) is 25.9 Å². The molecule has 0 fully saturated rings. The van der Waals surface area contributed by atoms with Crippen LogP contribution in [0.3, 0.4) is 0 Å². The fourth-order valence-corrected chi connectivity index (χ4v) is 5.02. The van der Waals surface area contributed by atoms with Crippen molar-refractivity contribution in [2.45, 2.75) is 0 Å². The number of fused-ring (bicyclic) bond motifs is 2. The van der Waals surface area contributed by atoms with E-state index in [0.717, 1.165) is 24.9 Å². The molecule has 4 rings (SSSR count). The van der Waals surface area contributed by atoms with Crippen LogP contribution in [0, 0.1) is 0 Å². The first-order valence-electron chi connectivity index (χ1n) is 6.82. The number of nitrogens with zero attached hydrogens (tertiary/aromatic N) is 3. The summed E-state index contributed by atoms with van der Waals surface area (Å²) in [6.45, 7) is 0. The van der Waals surface area contributed by atoms with Gasteiger partial charge in [-0.2, -0.15) is 4.99 Å². The molecule has 1 amide bonds. The van der Waals surface area contributed by atoms with Crippen LogP contribution in [0.4, 0.5) is 0 Å². The van der Waals surface area contributed by atoms with Crippen LogP contribution >= 0.6 is 38.6 Å². The van der Waals surface area contributed by atoms with Gasteiger partial charge in [-0.25, -0.2) is 4.98 Å². The van der Waals surface area contributed by atoms with Gasteiger partial charge in [0.2, 0.25) is 0 Å². The number of carbonyl (C=O) groups excluding carboxylic acids is 1. The first-order valence-corrected chi connectivity index (χ1v) is 9.25. The number of halogens is 1. The molecule has 7 heteroatoms. The summed E-state index contributed by atoms with van der Waals surface area (Å²) in [6.07, 6.45) is 0. The van der Waals surface area contributed by atoms with Crippen molar-refractivity contribution in [3.8, 4) is 0 Å². The van der Waals surface area contributed by atoms with Crippen molar-refractivity contribution in [3.05, 3.63) is 56.7 Å². The van der Waals surface area contributed by atoms with Crippen LogP contribution in [-0.4, -0.2) is 15.5 Å². The van der Waals surface area contributed by atoms with Crippen LogP contribution in [-0.2, 0) is 7.05 Å². The lowest BCUT2D eigenvalue weighted by atomic mass is 10.3. The summed E-state index contributed by atoms with van der Waals surface area (Å²) in [5, 5.41) is 0.419. The average Bonchev–Trinajstić information content (AvgIpc) is 3.10. The van der Waals surface area contributed by atoms with E-state index in [0.29, 0.717) is 9.81 Å². The van der Waals surface area contributed by atoms with Gasteiger partial charge in [-0.15, -0.1) is 11.3 Å². The number of amides is 1. The molecule has 0 saturated carbocycles. The van der Waals surface area contributed by atoms with Crippen LogP contribution in [0.5, 0.6) is 0 Å². The molecule has 0 unspecified atom stereocenters. The lowest BCUT2D eigenvalue weighted by Gasteiger charge is -1.97. The number of hydrogen-bond acceptors (Lipinski definition) is 4. The minimum Gasteiger partial charge on any atom is -0.318 e. The summed E-state index contributed by atoms with van der Waals surface area (Å²) in [6, 6.07) is 13.7. The van der Waals surface area contributed by atoms with Crippen molar-refractivity contribution in [1.82, 2.24) is 9.55 Å². The molecule has 0 aliphatic rings. The van der Waals surface area contributed by atoms with Gasteiger partial charge in [0.15, 0.2) is 9.81 Å². The molecule has 0 aliphatic heterocycles. The zero-order chi connectivity index (χ0) is 16.0. The highest BCUT2D eigenvalue weighted by molar-refractivity contribution is 9.10. The van der Waals surface area contributed by atoms with E-state index in [-0.39, 0.29) is 5.91 Å². The Hall–Kier alpha value is -1.83. The fourth-order valence-electron chi connectivity index (χ4n) is 2.36. The number of thiazole rings is 2. The van der Waals surface area contributed by atoms with E-state index in [1.807, 2.05) is 54.1 Å². The molecule has 0 bridgehead atoms. The van der Waals surface area contributed by atoms with Gasteiger partial charge in [-0.3, -0.25) is 4.79 Å². The van der Waals surface area contributed by atoms with Gasteiger partial charge in [0.25, 0.3) is 0 Å². The minimum atomic E-state index is -0.301. The maximum Gasteiger partial charge on any atom is 0.308 e. The molecule has 2 aromatic carbocycles. The second-order valence-electron chi connectivity index (χ2n) is 4.93. The van der Waals surface area contributed by atoms with E-state index >= 15 is 0 Å². The molecule has 0 spiro atoms. The SMILES string of the molecule is Cn1c(=NC(=O)c2nc3ccccc3s2)sc2cccc(Br)c21. The highest BCUT2D eigenvalue weighted by atomic mass is 79.9. The molecule has 4 nitrogen and oxygen atoms in total. The van der Waals surface area contributed by atoms with Crippen LogP contribution in [0.15, 0.2) is 51.9 Å². The number of benzene rings is 2. The minimum absolute atomic E-state index is 0.301. The molecule has 0 radical (unpaired) electrons. The molecular formula is C16H10BrN3OS2. The van der Waals surface area contributed by atoms with Crippen molar-refractivity contribution < 1.29 is 4.79 Å². The molecule has 23 heavy (non-hydrogen) atoms. The molecule has 0 N–H and O–H groups in total. The van der Waals surface area contributed by atoms with Crippen molar-refractivity contribution in [3.63, 3.8) is 0 Å². The van der Waals surface area contributed by atoms with Gasteiger partial charge in [0.05, 0.1) is 20.4 Å². The van der Waals surface area contributed by atoms with Crippen molar-refractivity contribution in [2.24, 2.45) is 12.0 Å². The van der Waals surface area contributed by atoms with E-state index in [1.54, 1.807) is 0 Å². The predicted molar refractivity (Wildman–Crippen MR) is 98.0 cm³/mol. The Labute approximate surface area is 147 Å². The maximum atomic E-state index is 12.5. The van der Waals surface area contributed by atoms with Gasteiger partial charge in [0, 0.05) is 11.5 Å². The number of rotatable bonds is 1. The fraction of sp³-hybridized carbons (Fsp3) is 0.0625. The number of carbonyl (C=O) groups is 1. The lowest BCUT2D eigenvalue weighted by molar-refractivity contribution is 0.0998. The number of hydrogen-bond donors (Lipinski definition) is 0. The Bertz CT molecular complexity index is 1090. The summed E-state index contributed by atoms with van der Waals surface area (Å²) in [5.41, 5.74) is 1.87. The van der Waals surface area contributed by atoms with Crippen molar-refractivity contribution >= 4 is 64.9 Å². The Kier molecular flexibility index (Phi) is 3.63. The highest BCUT2D eigenvalue weighted by Gasteiger charge is 2.13. The lowest BCUT2D eigenvalue weighted by Crippen LogP contribution is -2.13. The second-order valence-corrected chi connectivity index (χ2v) is 7.83. The van der Waals surface area contributed by atoms with E-state index in [4.69, 9.17) is 0 Å². The smallest absolute Gasteiger partial charge is 0.308 e. The van der Waals surface area contributed by atoms with Gasteiger partial charge in [0.1, 0.15) is 0 Å². The zero-order valence-corrected chi connectivity index (χ0v) is 15.2. The van der Waals surface area contributed by atoms with Gasteiger partial charge < -0.3 is 4.57 Å². The summed E-state index contributed by atoms with van der Waals surface area (Å²) in [4.78, 5) is 21.8. The van der Waals surface area contributed by atoms with E-state index in [9.17, 15) is 4.79 Å². The third-order valence-electron chi connectivity index (χ3n) is 3.45. The first-order chi connectivity index (χ1) is 11.1. The highest BCUT2D eigenvalue weighted by Crippen LogP contribution is 2.25. The summed E-state index contributed by atoms with van der Waals surface area (Å²) >= 11 is 6.41. The number of para-hydroxylation sites is 2. The normalized spacial score (nSPS) is 12.3. The quantitative estimate of drug-likeness (QED) is 0.474. The van der Waals surface area contributed by atoms with Crippen LogP contribution in [0.25, 0.3) is 20.4 Å². The molecule has 114 valence electrons. The topological polar surface area (TPSA) is 47.2 Å². The molecule has 4 aromatic rings. The largest absolute Gasteiger partial charge is 0.318 e. The van der Waals surface area contributed by atoms with Gasteiger partial charge in [-0.1, -0.05) is 29.5 Å². The molecular weight excluding hydrogens is 394 g/mol. The standard InChI is InChI=1S/C16H10BrN3OS2/c1-20-13-9(17)5-4-8-12(13)23-16(20)19-14(21)15-18-10-6-2-3-7-11(10)22-15/h2-8H,1H3. The molecule has 0 atom stereocenters. The number of aryl methyl sites for hydroxylation is 1. The molecule has 0 aliphatic carbocycles. The first kappa shape index (κ1) is 14.7. The molecule has 2 aromatic heterocycles. The Balaban J connectivity index is 1.85. The Morgan fingerprint density at radius 3 is 2.70 bits per heavy atom. The Morgan fingerprint density at radius 2 is 1.91 bits per heavy atom. The van der Waals surface area contributed by atoms with Crippen molar-refractivity contribution in [2.75, 3.05) is 0 Å². The second kappa shape index (κ2) is 5.67. The molecule has 0 saturated heterocycles. The predicted octanol–water partition coefficient (Wildman–Crippen LogP) is 4.35. The monoisotopic (exact) mass is 403 g/mol.